The lowest BCUT2D eigenvalue weighted by Gasteiger charge is -2.27. The van der Waals surface area contributed by atoms with Gasteiger partial charge in [-0.1, -0.05) is 12.1 Å². The number of hydrogen-bond donors (Lipinski definition) is 2. The summed E-state index contributed by atoms with van der Waals surface area (Å²) in [6.07, 6.45) is 0. The third-order valence-corrected chi connectivity index (χ3v) is 6.28. The highest BCUT2D eigenvalue weighted by Gasteiger charge is 2.16. The predicted octanol–water partition coefficient (Wildman–Crippen LogP) is 2.74. The number of benzene rings is 2. The Morgan fingerprint density at radius 1 is 0.969 bits per heavy atom. The second kappa shape index (κ2) is 9.33. The molecule has 1 amide bonds. The summed E-state index contributed by atoms with van der Waals surface area (Å²) >= 11 is 0. The number of nitrogens with zero attached hydrogens (tertiary/aromatic N) is 3. The number of sulfonamides is 1. The van der Waals surface area contributed by atoms with Crippen molar-refractivity contribution in [3.05, 3.63) is 60.7 Å². The molecule has 1 aliphatic heterocycles. The van der Waals surface area contributed by atoms with Crippen LogP contribution in [-0.4, -0.2) is 50.8 Å². The van der Waals surface area contributed by atoms with E-state index in [1.54, 1.807) is 18.2 Å². The van der Waals surface area contributed by atoms with Crippen LogP contribution in [0.1, 0.15) is 6.92 Å². The molecule has 3 aromatic rings. The van der Waals surface area contributed by atoms with Gasteiger partial charge in [-0.3, -0.25) is 9.52 Å². The second-order valence-corrected chi connectivity index (χ2v) is 8.95. The maximum Gasteiger partial charge on any atom is 0.261 e. The summed E-state index contributed by atoms with van der Waals surface area (Å²) in [5.74, 6) is 0.563. The molecule has 166 valence electrons. The maximum absolute atomic E-state index is 12.8. The van der Waals surface area contributed by atoms with Crippen LogP contribution in [0.15, 0.2) is 65.6 Å². The average molecular weight is 454 g/mol. The smallest absolute Gasteiger partial charge is 0.261 e. The van der Waals surface area contributed by atoms with Crippen molar-refractivity contribution in [2.24, 2.45) is 0 Å². The molecule has 0 unspecified atom stereocenters. The van der Waals surface area contributed by atoms with Gasteiger partial charge < -0.3 is 15.0 Å². The van der Waals surface area contributed by atoms with Crippen LogP contribution in [0.2, 0.25) is 0 Å². The number of carbonyl (C=O) groups is 1. The number of morpholine rings is 1. The Kier molecular flexibility index (Phi) is 6.33. The fraction of sp³-hybridized carbons (Fsp3) is 0.227. The van der Waals surface area contributed by atoms with Gasteiger partial charge in [0.15, 0.2) is 5.82 Å². The van der Waals surface area contributed by atoms with Gasteiger partial charge in [0.25, 0.3) is 10.0 Å². The molecule has 0 radical (unpaired) electrons. The molecular formula is C22H23N5O4S. The lowest BCUT2D eigenvalue weighted by molar-refractivity contribution is -0.114. The molecule has 0 spiro atoms. The van der Waals surface area contributed by atoms with Gasteiger partial charge in [0, 0.05) is 37.0 Å². The van der Waals surface area contributed by atoms with Crippen molar-refractivity contribution in [2.75, 3.05) is 41.2 Å². The van der Waals surface area contributed by atoms with Crippen LogP contribution in [0.25, 0.3) is 11.3 Å². The first-order chi connectivity index (χ1) is 15.4. The summed E-state index contributed by atoms with van der Waals surface area (Å²) < 4.78 is 33.5. The normalized spacial score (nSPS) is 14.1. The van der Waals surface area contributed by atoms with Crippen molar-refractivity contribution in [2.45, 2.75) is 11.8 Å². The summed E-state index contributed by atoms with van der Waals surface area (Å²) in [6, 6.07) is 16.7. The Bertz CT molecular complexity index is 1190. The Morgan fingerprint density at radius 3 is 2.38 bits per heavy atom. The van der Waals surface area contributed by atoms with Gasteiger partial charge in [-0.05, 0) is 48.5 Å². The molecule has 1 saturated heterocycles. The lowest BCUT2D eigenvalue weighted by atomic mass is 10.1. The quantitative estimate of drug-likeness (QED) is 0.590. The van der Waals surface area contributed by atoms with Gasteiger partial charge in [0.05, 0.1) is 23.8 Å². The van der Waals surface area contributed by atoms with E-state index in [-0.39, 0.29) is 10.8 Å². The Hall–Kier alpha value is -3.50. The summed E-state index contributed by atoms with van der Waals surface area (Å²) in [7, 11) is -3.80. The van der Waals surface area contributed by atoms with Crippen molar-refractivity contribution in [1.29, 1.82) is 0 Å². The van der Waals surface area contributed by atoms with Crippen LogP contribution in [-0.2, 0) is 19.6 Å². The van der Waals surface area contributed by atoms with Crippen LogP contribution in [0.3, 0.4) is 0 Å². The van der Waals surface area contributed by atoms with Crippen LogP contribution < -0.4 is 14.9 Å². The van der Waals surface area contributed by atoms with E-state index in [1.165, 1.54) is 31.2 Å². The topological polar surface area (TPSA) is 114 Å². The highest BCUT2D eigenvalue weighted by atomic mass is 32.2. The van der Waals surface area contributed by atoms with Crippen molar-refractivity contribution in [1.82, 2.24) is 10.2 Å². The third-order valence-electron chi connectivity index (χ3n) is 4.88. The highest BCUT2D eigenvalue weighted by Crippen LogP contribution is 2.24. The van der Waals surface area contributed by atoms with Gasteiger partial charge in [0.2, 0.25) is 5.91 Å². The van der Waals surface area contributed by atoms with E-state index in [9.17, 15) is 13.2 Å². The number of ether oxygens (including phenoxy) is 1. The molecule has 0 atom stereocenters. The van der Waals surface area contributed by atoms with E-state index in [2.05, 4.69) is 25.1 Å². The van der Waals surface area contributed by atoms with E-state index < -0.39 is 10.0 Å². The Balaban J connectivity index is 1.49. The Morgan fingerprint density at radius 2 is 1.72 bits per heavy atom. The van der Waals surface area contributed by atoms with Crippen LogP contribution >= 0.6 is 0 Å². The van der Waals surface area contributed by atoms with Crippen LogP contribution in [0, 0.1) is 0 Å². The zero-order valence-electron chi connectivity index (χ0n) is 17.5. The van der Waals surface area contributed by atoms with Gasteiger partial charge in [-0.25, -0.2) is 8.42 Å². The first-order valence-electron chi connectivity index (χ1n) is 10.1. The zero-order valence-corrected chi connectivity index (χ0v) is 18.3. The number of amides is 1. The van der Waals surface area contributed by atoms with Crippen molar-refractivity contribution in [3.8, 4) is 11.3 Å². The monoisotopic (exact) mass is 453 g/mol. The molecule has 4 rings (SSSR count). The molecule has 32 heavy (non-hydrogen) atoms. The first kappa shape index (κ1) is 21.7. The minimum absolute atomic E-state index is 0.0895. The number of aromatic nitrogens is 2. The minimum Gasteiger partial charge on any atom is -0.378 e. The van der Waals surface area contributed by atoms with E-state index in [0.717, 1.165) is 24.5 Å². The van der Waals surface area contributed by atoms with Gasteiger partial charge in [0.1, 0.15) is 0 Å². The molecule has 9 nitrogen and oxygen atoms in total. The Labute approximate surface area is 186 Å². The standard InChI is InChI=1S/C22H23N5O4S/c1-16(28)23-18-5-7-20(8-6-18)32(29,30)26-19-4-2-3-17(15-19)21-9-10-22(25-24-21)27-11-13-31-14-12-27/h2-10,15,26H,11-14H2,1H3,(H,23,28). The highest BCUT2D eigenvalue weighted by molar-refractivity contribution is 7.92. The van der Waals surface area contributed by atoms with E-state index in [1.807, 2.05) is 18.2 Å². The molecule has 2 N–H and O–H groups in total. The number of rotatable bonds is 6. The number of hydrogen-bond acceptors (Lipinski definition) is 7. The number of anilines is 3. The fourth-order valence-corrected chi connectivity index (χ4v) is 4.37. The van der Waals surface area contributed by atoms with Gasteiger partial charge in [-0.2, -0.15) is 0 Å². The van der Waals surface area contributed by atoms with E-state index in [4.69, 9.17) is 4.74 Å². The molecule has 10 heteroatoms. The fourth-order valence-electron chi connectivity index (χ4n) is 3.32. The van der Waals surface area contributed by atoms with Crippen molar-refractivity contribution >= 4 is 33.1 Å². The summed E-state index contributed by atoms with van der Waals surface area (Å²) in [5, 5.41) is 11.2. The SMILES string of the molecule is CC(=O)Nc1ccc(S(=O)(=O)Nc2cccc(-c3ccc(N4CCOCC4)nn3)c2)cc1. The van der Waals surface area contributed by atoms with Crippen molar-refractivity contribution in [3.63, 3.8) is 0 Å². The first-order valence-corrected chi connectivity index (χ1v) is 11.6. The average Bonchev–Trinajstić information content (AvgIpc) is 2.80. The molecule has 2 heterocycles. The lowest BCUT2D eigenvalue weighted by Crippen LogP contribution is -2.36. The molecule has 0 bridgehead atoms. The second-order valence-electron chi connectivity index (χ2n) is 7.27. The van der Waals surface area contributed by atoms with E-state index >= 15 is 0 Å². The summed E-state index contributed by atoms with van der Waals surface area (Å²) in [6.45, 7) is 4.27. The summed E-state index contributed by atoms with van der Waals surface area (Å²) in [5.41, 5.74) is 2.32. The van der Waals surface area contributed by atoms with Crippen LogP contribution in [0.5, 0.6) is 0 Å². The third kappa shape index (κ3) is 5.21. The number of nitrogens with one attached hydrogen (secondary N) is 2. The molecular weight excluding hydrogens is 430 g/mol. The molecule has 1 aromatic heterocycles. The van der Waals surface area contributed by atoms with Crippen LogP contribution in [0.4, 0.5) is 17.2 Å². The van der Waals surface area contributed by atoms with Gasteiger partial charge in [-0.15, -0.1) is 10.2 Å². The molecule has 0 aliphatic carbocycles. The molecule has 2 aromatic carbocycles. The van der Waals surface area contributed by atoms with Crippen molar-refractivity contribution < 1.29 is 17.9 Å². The maximum atomic E-state index is 12.8. The number of carbonyl (C=O) groups excluding carboxylic acids is 1. The van der Waals surface area contributed by atoms with Gasteiger partial charge >= 0.3 is 0 Å². The summed E-state index contributed by atoms with van der Waals surface area (Å²) in [4.78, 5) is 13.3. The largest absolute Gasteiger partial charge is 0.378 e. The molecule has 0 saturated carbocycles. The zero-order chi connectivity index (χ0) is 22.6. The van der Waals surface area contributed by atoms with E-state index in [0.29, 0.717) is 30.3 Å². The predicted molar refractivity (Wildman–Crippen MR) is 122 cm³/mol. The molecule has 1 aliphatic rings. The molecule has 1 fully saturated rings. The minimum atomic E-state index is -3.80.